The molecule has 0 aliphatic carbocycles. The molecule has 0 aromatic carbocycles. The molecule has 0 aromatic rings. The van der Waals surface area contributed by atoms with Crippen molar-refractivity contribution in [1.82, 2.24) is 25.3 Å². The molecule has 0 atom stereocenters. The largest absolute Gasteiger partial charge is 0.379 e. The average molecular weight is 474 g/mol. The van der Waals surface area contributed by atoms with Gasteiger partial charge >= 0.3 is 0 Å². The third-order valence-electron chi connectivity index (χ3n) is 5.21. The van der Waals surface area contributed by atoms with E-state index >= 15 is 0 Å². The zero-order valence-corrected chi connectivity index (χ0v) is 20.9. The Balaban J connectivity index is 0.000000318. The molecule has 0 radical (unpaired) electrons. The second kappa shape index (κ2) is 23.1. The predicted octanol–water partition coefficient (Wildman–Crippen LogP) is -1.59. The first-order valence-corrected chi connectivity index (χ1v) is 12.9. The van der Waals surface area contributed by atoms with Crippen LogP contribution in [0.5, 0.6) is 0 Å². The van der Waals surface area contributed by atoms with Crippen LogP contribution in [0.4, 0.5) is 0 Å². The van der Waals surface area contributed by atoms with E-state index in [4.69, 9.17) is 20.9 Å². The van der Waals surface area contributed by atoms with Gasteiger partial charge in [-0.25, -0.2) is 0 Å². The van der Waals surface area contributed by atoms with E-state index in [0.29, 0.717) is 32.7 Å². The van der Waals surface area contributed by atoms with Gasteiger partial charge in [-0.15, -0.1) is 0 Å². The molecule has 0 spiro atoms. The lowest BCUT2D eigenvalue weighted by molar-refractivity contribution is -0.107. The normalized spacial score (nSPS) is 17.0. The Bertz CT molecular complexity index is 397. The van der Waals surface area contributed by atoms with Crippen molar-refractivity contribution in [3.05, 3.63) is 0 Å². The van der Waals surface area contributed by atoms with Crippen molar-refractivity contribution in [2.75, 3.05) is 125 Å². The predicted molar refractivity (Wildman–Crippen MR) is 135 cm³/mol. The number of ether oxygens (including phenoxy) is 2. The number of rotatable bonds is 21. The standard InChI is InChI=1S/C14H30N4O.C5H9NO.C4H12N2O/c1(7-17-9-10-17)3-15-5-13-19-14-6-16-4-2-8-18-11-12-18;7-5-1-2-6-3-4-6;5-1-3-7-4-2-6/h15-16H,1-14H2;5H,1-4H2;1-6H2. The van der Waals surface area contributed by atoms with Crippen molar-refractivity contribution in [2.24, 2.45) is 11.5 Å². The van der Waals surface area contributed by atoms with E-state index in [9.17, 15) is 4.79 Å². The van der Waals surface area contributed by atoms with Gasteiger partial charge in [0, 0.05) is 78.4 Å². The molecule has 0 bridgehead atoms. The van der Waals surface area contributed by atoms with E-state index in [-0.39, 0.29) is 0 Å². The molecule has 3 aliphatic rings. The minimum Gasteiger partial charge on any atom is -0.379 e. The summed E-state index contributed by atoms with van der Waals surface area (Å²) in [6, 6.07) is 0. The highest BCUT2D eigenvalue weighted by atomic mass is 16.5. The first-order valence-electron chi connectivity index (χ1n) is 12.9. The third-order valence-corrected chi connectivity index (χ3v) is 5.21. The van der Waals surface area contributed by atoms with E-state index in [0.717, 1.165) is 52.2 Å². The van der Waals surface area contributed by atoms with Gasteiger partial charge in [0.1, 0.15) is 6.29 Å². The summed E-state index contributed by atoms with van der Waals surface area (Å²) in [5.74, 6) is 0. The van der Waals surface area contributed by atoms with Gasteiger partial charge in [-0.05, 0) is 39.0 Å². The molecule has 0 unspecified atom stereocenters. The summed E-state index contributed by atoms with van der Waals surface area (Å²) in [6.07, 6.45) is 4.20. The SMILES string of the molecule is C(CNCCOCCNCCCN1CC1)CN1CC1.NCCOCCN.O=CCCN1CC1. The number of nitrogens with two attached hydrogens (primary N) is 2. The summed E-state index contributed by atoms with van der Waals surface area (Å²) in [6.45, 7) is 19.4. The number of hydrogen-bond acceptors (Lipinski definition) is 10. The number of carbonyl (C=O) groups excluding carboxylic acids is 1. The fraction of sp³-hybridized carbons (Fsp3) is 0.957. The van der Waals surface area contributed by atoms with E-state index in [1.807, 2.05) is 0 Å². The fourth-order valence-corrected chi connectivity index (χ4v) is 2.88. The zero-order chi connectivity index (χ0) is 23.8. The van der Waals surface area contributed by atoms with Crippen LogP contribution >= 0.6 is 0 Å². The van der Waals surface area contributed by atoms with E-state index in [1.54, 1.807) is 0 Å². The molecule has 3 aliphatic heterocycles. The highest BCUT2D eigenvalue weighted by molar-refractivity contribution is 5.49. The van der Waals surface area contributed by atoms with Crippen LogP contribution in [0.3, 0.4) is 0 Å². The van der Waals surface area contributed by atoms with Crippen LogP contribution in [0.15, 0.2) is 0 Å². The summed E-state index contributed by atoms with van der Waals surface area (Å²) in [5.41, 5.74) is 10.2. The highest BCUT2D eigenvalue weighted by Crippen LogP contribution is 2.03. The smallest absolute Gasteiger partial charge is 0.121 e. The van der Waals surface area contributed by atoms with E-state index < -0.39 is 0 Å². The molecule has 196 valence electrons. The van der Waals surface area contributed by atoms with Crippen molar-refractivity contribution in [1.29, 1.82) is 0 Å². The summed E-state index contributed by atoms with van der Waals surface area (Å²) in [4.78, 5) is 16.9. The maximum Gasteiger partial charge on any atom is 0.121 e. The zero-order valence-electron chi connectivity index (χ0n) is 20.9. The summed E-state index contributed by atoms with van der Waals surface area (Å²) in [5, 5.41) is 6.84. The molecule has 33 heavy (non-hydrogen) atoms. The Morgan fingerprint density at radius 2 is 1.06 bits per heavy atom. The van der Waals surface area contributed by atoms with Crippen LogP contribution in [-0.2, 0) is 14.3 Å². The molecule has 3 saturated heterocycles. The number of aldehydes is 1. The van der Waals surface area contributed by atoms with Crippen molar-refractivity contribution < 1.29 is 14.3 Å². The molecule has 10 nitrogen and oxygen atoms in total. The number of nitrogens with zero attached hydrogens (tertiary/aromatic N) is 3. The van der Waals surface area contributed by atoms with E-state index in [1.165, 1.54) is 65.2 Å². The summed E-state index contributed by atoms with van der Waals surface area (Å²) < 4.78 is 10.4. The molecule has 0 aromatic heterocycles. The maximum absolute atomic E-state index is 9.71. The van der Waals surface area contributed by atoms with Crippen molar-refractivity contribution >= 4 is 6.29 Å². The number of hydrogen-bond donors (Lipinski definition) is 4. The second-order valence-electron chi connectivity index (χ2n) is 8.49. The molecule has 6 N–H and O–H groups in total. The minimum absolute atomic E-state index is 0.583. The molecule has 3 fully saturated rings. The van der Waals surface area contributed by atoms with Gasteiger partial charge in [0.15, 0.2) is 0 Å². The second-order valence-corrected chi connectivity index (χ2v) is 8.49. The van der Waals surface area contributed by atoms with Gasteiger partial charge in [-0.2, -0.15) is 0 Å². The van der Waals surface area contributed by atoms with Gasteiger partial charge in [0.05, 0.1) is 26.4 Å². The minimum atomic E-state index is 0.583. The van der Waals surface area contributed by atoms with E-state index in [2.05, 4.69) is 25.3 Å². The first kappa shape index (κ1) is 30.3. The Morgan fingerprint density at radius 3 is 1.45 bits per heavy atom. The lowest BCUT2D eigenvalue weighted by Gasteiger charge is -2.07. The van der Waals surface area contributed by atoms with Crippen LogP contribution in [0, 0.1) is 0 Å². The topological polar surface area (TPSA) is 121 Å². The lowest BCUT2D eigenvalue weighted by Crippen LogP contribution is -2.26. The summed E-state index contributed by atoms with van der Waals surface area (Å²) in [7, 11) is 0. The van der Waals surface area contributed by atoms with Crippen LogP contribution in [0.2, 0.25) is 0 Å². The fourth-order valence-electron chi connectivity index (χ4n) is 2.88. The monoisotopic (exact) mass is 473 g/mol. The molecule has 0 amide bonds. The van der Waals surface area contributed by atoms with Crippen LogP contribution < -0.4 is 22.1 Å². The Labute approximate surface area is 201 Å². The van der Waals surface area contributed by atoms with Crippen LogP contribution in [-0.4, -0.2) is 146 Å². The Hall–Kier alpha value is -0.690. The van der Waals surface area contributed by atoms with Crippen LogP contribution in [0.25, 0.3) is 0 Å². The quantitative estimate of drug-likeness (QED) is 0.0882. The van der Waals surface area contributed by atoms with Gasteiger partial charge in [0.25, 0.3) is 0 Å². The number of nitrogens with one attached hydrogen (secondary N) is 2. The van der Waals surface area contributed by atoms with Gasteiger partial charge < -0.3 is 51.1 Å². The maximum atomic E-state index is 9.71. The number of carbonyl (C=O) groups is 1. The third kappa shape index (κ3) is 25.8. The molecule has 3 heterocycles. The highest BCUT2D eigenvalue weighted by Gasteiger charge is 2.16. The van der Waals surface area contributed by atoms with Crippen LogP contribution in [0.1, 0.15) is 19.3 Å². The van der Waals surface area contributed by atoms with Gasteiger partial charge in [0.2, 0.25) is 0 Å². The molecule has 10 heteroatoms. The lowest BCUT2D eigenvalue weighted by atomic mass is 10.4. The Morgan fingerprint density at radius 1 is 0.636 bits per heavy atom. The van der Waals surface area contributed by atoms with Crippen molar-refractivity contribution in [3.63, 3.8) is 0 Å². The van der Waals surface area contributed by atoms with Gasteiger partial charge in [-0.1, -0.05) is 0 Å². The van der Waals surface area contributed by atoms with Crippen molar-refractivity contribution in [2.45, 2.75) is 19.3 Å². The molecule has 3 rings (SSSR count). The summed E-state index contributed by atoms with van der Waals surface area (Å²) >= 11 is 0. The average Bonchev–Trinajstić information content (AvgIpc) is 3.68. The first-order chi connectivity index (χ1) is 16.3. The molecular formula is C23H51N7O3. The Kier molecular flexibility index (Phi) is 21.2. The van der Waals surface area contributed by atoms with Crippen molar-refractivity contribution in [3.8, 4) is 0 Å². The molecular weight excluding hydrogens is 422 g/mol. The van der Waals surface area contributed by atoms with Gasteiger partial charge in [-0.3, -0.25) is 0 Å². The molecule has 0 saturated carbocycles.